The molecule has 2 aromatic carbocycles. The SMILES string of the molecule is CSC(=Nc1ccccc1)SCc1c(C)cccc1N(C)N. The Kier molecular flexibility index (Phi) is 6.36. The number of benzene rings is 2. The molecule has 0 atom stereocenters. The summed E-state index contributed by atoms with van der Waals surface area (Å²) in [6.07, 6.45) is 2.06. The van der Waals surface area contributed by atoms with Crippen molar-refractivity contribution < 1.29 is 0 Å². The van der Waals surface area contributed by atoms with E-state index in [1.165, 1.54) is 11.1 Å². The van der Waals surface area contributed by atoms with Crippen molar-refractivity contribution in [2.45, 2.75) is 12.7 Å². The molecule has 0 saturated heterocycles. The third-order valence-corrected chi connectivity index (χ3v) is 5.32. The van der Waals surface area contributed by atoms with Gasteiger partial charge in [0, 0.05) is 12.8 Å². The van der Waals surface area contributed by atoms with Crippen LogP contribution in [0.2, 0.25) is 0 Å². The van der Waals surface area contributed by atoms with E-state index in [1.807, 2.05) is 43.4 Å². The van der Waals surface area contributed by atoms with Gasteiger partial charge in [0.25, 0.3) is 0 Å². The van der Waals surface area contributed by atoms with Crippen molar-refractivity contribution in [1.29, 1.82) is 0 Å². The van der Waals surface area contributed by atoms with E-state index in [9.17, 15) is 0 Å². The second-order valence-corrected chi connectivity index (χ2v) is 6.91. The predicted molar refractivity (Wildman–Crippen MR) is 102 cm³/mol. The fraction of sp³-hybridized carbons (Fsp3) is 0.235. The van der Waals surface area contributed by atoms with Crippen LogP contribution in [0.25, 0.3) is 0 Å². The highest BCUT2D eigenvalue weighted by Crippen LogP contribution is 2.29. The summed E-state index contributed by atoms with van der Waals surface area (Å²) >= 11 is 3.42. The highest BCUT2D eigenvalue weighted by molar-refractivity contribution is 8.38. The number of hydrogen-bond acceptors (Lipinski definition) is 5. The summed E-state index contributed by atoms with van der Waals surface area (Å²) in [5, 5.41) is 1.68. The molecule has 3 nitrogen and oxygen atoms in total. The first-order chi connectivity index (χ1) is 10.6. The summed E-state index contributed by atoms with van der Waals surface area (Å²) in [5.41, 5.74) is 4.56. The molecule has 0 aromatic heterocycles. The topological polar surface area (TPSA) is 41.6 Å². The van der Waals surface area contributed by atoms with Gasteiger partial charge in [0.1, 0.15) is 4.38 Å². The van der Waals surface area contributed by atoms with Gasteiger partial charge in [-0.1, -0.05) is 42.1 Å². The standard InChI is InChI=1S/C17H21N3S2/c1-13-8-7-11-16(20(2)18)15(13)12-22-17(21-3)19-14-9-5-4-6-10-14/h4-11H,12,18H2,1-3H3. The molecular weight excluding hydrogens is 310 g/mol. The van der Waals surface area contributed by atoms with Gasteiger partial charge in [0.15, 0.2) is 0 Å². The Balaban J connectivity index is 2.16. The molecule has 2 aromatic rings. The van der Waals surface area contributed by atoms with E-state index in [1.54, 1.807) is 28.5 Å². The lowest BCUT2D eigenvalue weighted by atomic mass is 10.1. The summed E-state index contributed by atoms with van der Waals surface area (Å²) in [5.74, 6) is 6.79. The maximum Gasteiger partial charge on any atom is 0.130 e. The number of hydrazine groups is 1. The van der Waals surface area contributed by atoms with Crippen molar-refractivity contribution in [1.82, 2.24) is 0 Å². The fourth-order valence-electron chi connectivity index (χ4n) is 2.08. The van der Waals surface area contributed by atoms with E-state index < -0.39 is 0 Å². The van der Waals surface area contributed by atoms with Gasteiger partial charge in [0.05, 0.1) is 11.4 Å². The number of thioether (sulfide) groups is 2. The van der Waals surface area contributed by atoms with Gasteiger partial charge in [-0.3, -0.25) is 0 Å². The number of aliphatic imine (C=N–C) groups is 1. The Hall–Kier alpha value is -1.43. The third kappa shape index (κ3) is 4.53. The van der Waals surface area contributed by atoms with Crippen LogP contribution >= 0.6 is 23.5 Å². The molecular formula is C17H21N3S2. The lowest BCUT2D eigenvalue weighted by Gasteiger charge is -2.18. The van der Waals surface area contributed by atoms with Crippen LogP contribution in [-0.2, 0) is 5.75 Å². The van der Waals surface area contributed by atoms with Crippen molar-refractivity contribution >= 4 is 39.3 Å². The number of aryl methyl sites for hydroxylation is 1. The Morgan fingerprint density at radius 3 is 2.50 bits per heavy atom. The summed E-state index contributed by atoms with van der Waals surface area (Å²) in [6.45, 7) is 2.12. The van der Waals surface area contributed by atoms with Gasteiger partial charge in [-0.25, -0.2) is 10.8 Å². The molecule has 116 valence electrons. The average Bonchev–Trinajstić information content (AvgIpc) is 2.53. The minimum Gasteiger partial charge on any atom is -0.314 e. The number of para-hydroxylation sites is 1. The van der Waals surface area contributed by atoms with Crippen LogP contribution in [-0.4, -0.2) is 17.7 Å². The fourth-order valence-corrected chi connectivity index (χ4v) is 3.74. The number of nitrogens with two attached hydrogens (primary N) is 1. The van der Waals surface area contributed by atoms with Gasteiger partial charge < -0.3 is 5.01 Å². The van der Waals surface area contributed by atoms with Crippen LogP contribution in [0.5, 0.6) is 0 Å². The van der Waals surface area contributed by atoms with E-state index in [-0.39, 0.29) is 0 Å². The van der Waals surface area contributed by atoms with E-state index >= 15 is 0 Å². The van der Waals surface area contributed by atoms with E-state index in [0.717, 1.165) is 21.5 Å². The molecule has 5 heteroatoms. The summed E-state index contributed by atoms with van der Waals surface area (Å²) in [7, 11) is 1.87. The lowest BCUT2D eigenvalue weighted by Crippen LogP contribution is -2.26. The van der Waals surface area contributed by atoms with Crippen LogP contribution in [0.15, 0.2) is 53.5 Å². The van der Waals surface area contributed by atoms with E-state index in [2.05, 4.69) is 25.3 Å². The molecule has 22 heavy (non-hydrogen) atoms. The highest BCUT2D eigenvalue weighted by atomic mass is 32.2. The third-order valence-electron chi connectivity index (χ3n) is 3.26. The van der Waals surface area contributed by atoms with Gasteiger partial charge >= 0.3 is 0 Å². The normalized spacial score (nSPS) is 11.5. The van der Waals surface area contributed by atoms with Crippen LogP contribution in [0, 0.1) is 6.92 Å². The molecule has 0 amide bonds. The molecule has 0 unspecified atom stereocenters. The Morgan fingerprint density at radius 2 is 1.86 bits per heavy atom. The van der Waals surface area contributed by atoms with Crippen molar-refractivity contribution in [2.75, 3.05) is 18.3 Å². The number of nitrogens with zero attached hydrogens (tertiary/aromatic N) is 2. The molecule has 0 aliphatic rings. The number of anilines is 1. The van der Waals surface area contributed by atoms with Gasteiger partial charge in [-0.2, -0.15) is 0 Å². The molecule has 0 fully saturated rings. The zero-order valence-electron chi connectivity index (χ0n) is 13.1. The molecule has 0 radical (unpaired) electrons. The average molecular weight is 332 g/mol. The molecule has 0 aliphatic heterocycles. The summed E-state index contributed by atoms with van der Waals surface area (Å²) in [6, 6.07) is 16.3. The summed E-state index contributed by atoms with van der Waals surface area (Å²) < 4.78 is 1.06. The van der Waals surface area contributed by atoms with E-state index in [4.69, 9.17) is 10.8 Å². The Bertz CT molecular complexity index is 640. The quantitative estimate of drug-likeness (QED) is 0.385. The first kappa shape index (κ1) is 16.9. The molecule has 0 spiro atoms. The molecule has 2 rings (SSSR count). The Morgan fingerprint density at radius 1 is 1.14 bits per heavy atom. The van der Waals surface area contributed by atoms with Crippen molar-refractivity contribution in [3.8, 4) is 0 Å². The second-order valence-electron chi connectivity index (χ2n) is 4.89. The number of rotatable bonds is 4. The monoisotopic (exact) mass is 331 g/mol. The van der Waals surface area contributed by atoms with Crippen LogP contribution in [0.1, 0.15) is 11.1 Å². The van der Waals surface area contributed by atoms with Gasteiger partial charge in [-0.05, 0) is 42.5 Å². The van der Waals surface area contributed by atoms with Gasteiger partial charge in [-0.15, -0.1) is 11.8 Å². The Labute approximate surface area is 141 Å². The van der Waals surface area contributed by atoms with Crippen LogP contribution in [0.3, 0.4) is 0 Å². The summed E-state index contributed by atoms with van der Waals surface area (Å²) in [4.78, 5) is 4.69. The molecule has 0 heterocycles. The zero-order valence-corrected chi connectivity index (χ0v) is 14.7. The second kappa shape index (κ2) is 8.27. The van der Waals surface area contributed by atoms with Crippen LogP contribution in [0.4, 0.5) is 11.4 Å². The first-order valence-electron chi connectivity index (χ1n) is 6.99. The minimum absolute atomic E-state index is 0.857. The minimum atomic E-state index is 0.857. The van der Waals surface area contributed by atoms with Gasteiger partial charge in [0.2, 0.25) is 0 Å². The lowest BCUT2D eigenvalue weighted by molar-refractivity contribution is 1.00. The molecule has 2 N–H and O–H groups in total. The van der Waals surface area contributed by atoms with Crippen molar-refractivity contribution in [3.05, 3.63) is 59.7 Å². The zero-order chi connectivity index (χ0) is 15.9. The van der Waals surface area contributed by atoms with Crippen molar-refractivity contribution in [2.24, 2.45) is 10.8 Å². The highest BCUT2D eigenvalue weighted by Gasteiger charge is 2.09. The largest absolute Gasteiger partial charge is 0.314 e. The van der Waals surface area contributed by atoms with Crippen molar-refractivity contribution in [3.63, 3.8) is 0 Å². The van der Waals surface area contributed by atoms with Crippen LogP contribution < -0.4 is 10.9 Å². The smallest absolute Gasteiger partial charge is 0.130 e. The maximum absolute atomic E-state index is 5.93. The molecule has 0 aliphatic carbocycles. The number of hydrogen-bond donors (Lipinski definition) is 1. The molecule has 0 bridgehead atoms. The molecule has 0 saturated carbocycles. The van der Waals surface area contributed by atoms with E-state index in [0.29, 0.717) is 0 Å². The predicted octanol–water partition coefficient (Wildman–Crippen LogP) is 4.59. The first-order valence-corrected chi connectivity index (χ1v) is 9.20. The maximum atomic E-state index is 5.93.